The molecule has 1 saturated carbocycles. The third kappa shape index (κ3) is 6.40. The summed E-state index contributed by atoms with van der Waals surface area (Å²) in [5, 5.41) is 19.1. The van der Waals surface area contributed by atoms with Crippen molar-refractivity contribution in [3.8, 4) is 5.75 Å². The van der Waals surface area contributed by atoms with Crippen LogP contribution in [0.25, 0.3) is 0 Å². The first-order valence-electron chi connectivity index (χ1n) is 16.7. The molecule has 45 heavy (non-hydrogen) atoms. The number of β-amino-alcohol motifs (C(OH)–C–C–N with tert-alkyl or cyclic N) is 1. The highest BCUT2D eigenvalue weighted by molar-refractivity contribution is 5.97. The average molecular weight is 626 g/mol. The Balaban J connectivity index is 1.24. The zero-order chi connectivity index (χ0) is 31.7. The van der Waals surface area contributed by atoms with Crippen molar-refractivity contribution >= 4 is 23.2 Å². The predicted molar refractivity (Wildman–Crippen MR) is 173 cm³/mol. The van der Waals surface area contributed by atoms with Crippen LogP contribution >= 0.6 is 0 Å². The topological polar surface area (TPSA) is 142 Å². The summed E-state index contributed by atoms with van der Waals surface area (Å²) in [6.07, 6.45) is 7.27. The van der Waals surface area contributed by atoms with E-state index in [0.717, 1.165) is 81.9 Å². The van der Waals surface area contributed by atoms with E-state index in [1.54, 1.807) is 7.11 Å². The standard InChI is InChI=1S/C32H51N9O4/c1-4-23-20-37(2)29-30(41(23)24-9-5-6-10-24)35-32(33,36-31(29)44)34-25-19-26-22(18-27(25)45-3)8-7-11-40(26)28(43)21-39-14-12-38(13-15-39)16-17-42/h18-19,23-24,34-35,42H,4-17,20-21,33H2,1-3H3,(H,36,44)/t23?,32-/m1/s1. The van der Waals surface area contributed by atoms with Gasteiger partial charge < -0.3 is 35.2 Å². The summed E-state index contributed by atoms with van der Waals surface area (Å²) in [6, 6.07) is 4.56. The number of nitrogens with one attached hydrogen (secondary N) is 3. The van der Waals surface area contributed by atoms with Crippen LogP contribution in [0.5, 0.6) is 5.75 Å². The number of carbonyl (C=O) groups excluding carboxylic acids is 2. The molecule has 0 spiro atoms. The Kier molecular flexibility index (Phi) is 9.32. The molecule has 2 atom stereocenters. The number of ether oxygens (including phenoxy) is 1. The first-order chi connectivity index (χ1) is 21.7. The summed E-state index contributed by atoms with van der Waals surface area (Å²) in [4.78, 5) is 38.1. The van der Waals surface area contributed by atoms with Crippen LogP contribution in [0.1, 0.15) is 51.0 Å². The Bertz CT molecular complexity index is 1290. The second kappa shape index (κ2) is 13.2. The normalized spacial score (nSPS) is 26.4. The highest BCUT2D eigenvalue weighted by Gasteiger charge is 2.46. The van der Waals surface area contributed by atoms with Crippen molar-refractivity contribution in [2.45, 2.75) is 69.9 Å². The molecule has 1 aromatic carbocycles. The molecule has 6 rings (SSSR count). The van der Waals surface area contributed by atoms with Gasteiger partial charge in [-0.15, -0.1) is 0 Å². The first kappa shape index (κ1) is 31.7. The fraction of sp³-hybridized carbons (Fsp3) is 0.688. The number of hydrogen-bond acceptors (Lipinski definition) is 11. The molecule has 13 nitrogen and oxygen atoms in total. The van der Waals surface area contributed by atoms with Crippen LogP contribution in [0.4, 0.5) is 11.4 Å². The lowest BCUT2D eigenvalue weighted by atomic mass is 10.00. The largest absolute Gasteiger partial charge is 0.495 e. The Hall–Kier alpha value is -3.26. The summed E-state index contributed by atoms with van der Waals surface area (Å²) in [5.41, 5.74) is 10.0. The molecular weight excluding hydrogens is 574 g/mol. The van der Waals surface area contributed by atoms with E-state index < -0.39 is 5.91 Å². The lowest BCUT2D eigenvalue weighted by molar-refractivity contribution is -0.123. The summed E-state index contributed by atoms with van der Waals surface area (Å²) in [6.45, 7) is 8.08. The Labute approximate surface area is 266 Å². The molecule has 6 N–H and O–H groups in total. The third-order valence-electron chi connectivity index (χ3n) is 10.2. The van der Waals surface area contributed by atoms with Gasteiger partial charge in [0.2, 0.25) is 11.8 Å². The second-order valence-electron chi connectivity index (χ2n) is 13.2. The van der Waals surface area contributed by atoms with Crippen molar-refractivity contribution in [1.29, 1.82) is 0 Å². The molecule has 4 heterocycles. The van der Waals surface area contributed by atoms with Crippen LogP contribution in [0.3, 0.4) is 0 Å². The highest BCUT2D eigenvalue weighted by Crippen LogP contribution is 2.39. The van der Waals surface area contributed by atoms with Gasteiger partial charge in [0.05, 0.1) is 25.9 Å². The van der Waals surface area contributed by atoms with Gasteiger partial charge >= 0.3 is 0 Å². The van der Waals surface area contributed by atoms with E-state index in [4.69, 9.17) is 10.5 Å². The molecule has 1 aromatic rings. The van der Waals surface area contributed by atoms with Crippen molar-refractivity contribution in [1.82, 2.24) is 30.2 Å². The minimum atomic E-state index is -1.48. The van der Waals surface area contributed by atoms with E-state index in [1.807, 2.05) is 29.0 Å². The number of fused-ring (bicyclic) bond motifs is 1. The van der Waals surface area contributed by atoms with Crippen molar-refractivity contribution in [3.05, 3.63) is 29.2 Å². The van der Waals surface area contributed by atoms with Gasteiger partial charge in [-0.1, -0.05) is 19.8 Å². The van der Waals surface area contributed by atoms with E-state index >= 15 is 0 Å². The number of aliphatic hydroxyl groups is 1. The van der Waals surface area contributed by atoms with Crippen LogP contribution in [0.15, 0.2) is 23.7 Å². The number of rotatable bonds is 9. The minimum Gasteiger partial charge on any atom is -0.495 e. The fourth-order valence-electron chi connectivity index (χ4n) is 7.83. The summed E-state index contributed by atoms with van der Waals surface area (Å²) in [5.74, 6) is -0.279. The number of piperazine rings is 1. The number of likely N-dealkylation sites (N-methyl/N-ethyl adjacent to an activating group) is 1. The molecule has 0 aromatic heterocycles. The summed E-state index contributed by atoms with van der Waals surface area (Å²) < 4.78 is 5.81. The molecule has 248 valence electrons. The first-order valence-corrected chi connectivity index (χ1v) is 16.7. The lowest BCUT2D eigenvalue weighted by Crippen LogP contribution is -2.76. The molecule has 5 aliphatic rings. The van der Waals surface area contributed by atoms with Crippen molar-refractivity contribution < 1.29 is 19.4 Å². The Morgan fingerprint density at radius 2 is 1.84 bits per heavy atom. The molecule has 2 fully saturated rings. The zero-order valence-corrected chi connectivity index (χ0v) is 27.1. The lowest BCUT2D eigenvalue weighted by Gasteiger charge is -2.52. The predicted octanol–water partition coefficient (Wildman–Crippen LogP) is 0.423. The van der Waals surface area contributed by atoms with Crippen molar-refractivity contribution in [2.24, 2.45) is 5.73 Å². The van der Waals surface area contributed by atoms with E-state index in [2.05, 4.69) is 37.6 Å². The quantitative estimate of drug-likeness (QED) is 0.244. The van der Waals surface area contributed by atoms with Crippen LogP contribution in [0.2, 0.25) is 0 Å². The van der Waals surface area contributed by atoms with Gasteiger partial charge in [-0.3, -0.25) is 30.4 Å². The molecule has 13 heteroatoms. The van der Waals surface area contributed by atoms with Crippen molar-refractivity contribution in [2.75, 3.05) is 83.3 Å². The monoisotopic (exact) mass is 625 g/mol. The maximum atomic E-state index is 13.7. The maximum Gasteiger partial charge on any atom is 0.275 e. The molecule has 1 aliphatic carbocycles. The number of nitrogens with two attached hydrogens (primary N) is 1. The number of hydrogen-bond donors (Lipinski definition) is 5. The van der Waals surface area contributed by atoms with Gasteiger partial charge in [-0.2, -0.15) is 0 Å². The number of anilines is 2. The average Bonchev–Trinajstić information content (AvgIpc) is 3.55. The molecule has 1 unspecified atom stereocenters. The number of nitrogens with zero attached hydrogens (tertiary/aromatic N) is 5. The SMILES string of the molecule is CCC1CN(C)C2=C(N[C@@](N)(Nc3cc4c(cc3OC)CCCN4C(=O)CN3CCN(CCO)CC3)NC2=O)N1C1CCCC1. The molecule has 0 radical (unpaired) electrons. The van der Waals surface area contributed by atoms with Crippen LogP contribution in [-0.2, 0) is 16.0 Å². The molecule has 2 amide bonds. The van der Waals surface area contributed by atoms with E-state index in [0.29, 0.717) is 42.8 Å². The van der Waals surface area contributed by atoms with Gasteiger partial charge in [-0.05, 0) is 49.8 Å². The van der Waals surface area contributed by atoms with E-state index in [9.17, 15) is 14.7 Å². The van der Waals surface area contributed by atoms with Crippen LogP contribution in [-0.4, -0.2) is 128 Å². The van der Waals surface area contributed by atoms with Gasteiger partial charge in [0.1, 0.15) is 17.3 Å². The maximum absolute atomic E-state index is 13.7. The highest BCUT2D eigenvalue weighted by atomic mass is 16.5. The van der Waals surface area contributed by atoms with Crippen LogP contribution < -0.4 is 31.3 Å². The Morgan fingerprint density at radius 3 is 2.53 bits per heavy atom. The third-order valence-corrected chi connectivity index (χ3v) is 10.2. The zero-order valence-electron chi connectivity index (χ0n) is 27.1. The van der Waals surface area contributed by atoms with E-state index in [-0.39, 0.29) is 24.5 Å². The van der Waals surface area contributed by atoms with Gasteiger partial charge in [0.15, 0.2) is 0 Å². The summed E-state index contributed by atoms with van der Waals surface area (Å²) >= 11 is 0. The molecular formula is C32H51N9O4. The molecule has 1 saturated heterocycles. The smallest absolute Gasteiger partial charge is 0.275 e. The molecule has 4 aliphatic heterocycles. The number of aliphatic hydroxyl groups excluding tert-OH is 1. The number of amides is 2. The van der Waals surface area contributed by atoms with Gasteiger partial charge in [-0.25, -0.2) is 0 Å². The number of benzene rings is 1. The number of carbonyl (C=O) groups is 2. The second-order valence-corrected chi connectivity index (χ2v) is 13.2. The van der Waals surface area contributed by atoms with Gasteiger partial charge in [0.25, 0.3) is 5.91 Å². The molecule has 0 bridgehead atoms. The van der Waals surface area contributed by atoms with Crippen molar-refractivity contribution in [3.63, 3.8) is 0 Å². The van der Waals surface area contributed by atoms with Crippen LogP contribution in [0, 0.1) is 0 Å². The minimum absolute atomic E-state index is 0.0621. The van der Waals surface area contributed by atoms with Gasteiger partial charge in [0, 0.05) is 70.6 Å². The fourth-order valence-corrected chi connectivity index (χ4v) is 7.83. The Morgan fingerprint density at radius 1 is 1.11 bits per heavy atom. The number of methoxy groups -OCH3 is 1. The van der Waals surface area contributed by atoms with E-state index in [1.165, 1.54) is 12.8 Å². The number of aryl methyl sites for hydroxylation is 1. The summed E-state index contributed by atoms with van der Waals surface area (Å²) in [7, 11) is 3.59.